The van der Waals surface area contributed by atoms with Gasteiger partial charge in [-0.05, 0) is 12.1 Å². The van der Waals surface area contributed by atoms with E-state index in [1.54, 1.807) is 7.05 Å². The van der Waals surface area contributed by atoms with Gasteiger partial charge in [0.25, 0.3) is 0 Å². The van der Waals surface area contributed by atoms with Gasteiger partial charge in [-0.3, -0.25) is 4.79 Å². The molecule has 1 aliphatic heterocycles. The predicted molar refractivity (Wildman–Crippen MR) is 69.8 cm³/mol. The third-order valence-electron chi connectivity index (χ3n) is 2.96. The maximum Gasteiger partial charge on any atom is 0.244 e. The first-order valence-corrected chi connectivity index (χ1v) is 5.97. The molecule has 0 spiro atoms. The van der Waals surface area contributed by atoms with Crippen molar-refractivity contribution in [2.45, 2.75) is 6.04 Å². The van der Waals surface area contributed by atoms with Crippen LogP contribution in [0.2, 0.25) is 0 Å². The lowest BCUT2D eigenvalue weighted by molar-refractivity contribution is -0.124. The van der Waals surface area contributed by atoms with Crippen LogP contribution in [0, 0.1) is 0 Å². The van der Waals surface area contributed by atoms with Crippen LogP contribution in [0.4, 0.5) is 11.6 Å². The fourth-order valence-corrected chi connectivity index (χ4v) is 1.98. The molecule has 1 aliphatic rings. The smallest absolute Gasteiger partial charge is 0.244 e. The molecule has 1 unspecified atom stereocenters. The fourth-order valence-electron chi connectivity index (χ4n) is 1.98. The highest BCUT2D eigenvalue weighted by Gasteiger charge is 2.29. The number of nitrogens with zero attached hydrogens (tertiary/aromatic N) is 2. The average molecular weight is 250 g/mol. The molecule has 1 aromatic rings. The van der Waals surface area contributed by atoms with Crippen molar-refractivity contribution in [3.63, 3.8) is 0 Å². The first-order chi connectivity index (χ1) is 8.76. The Morgan fingerprint density at radius 3 is 3.06 bits per heavy atom. The second-order valence-electron chi connectivity index (χ2n) is 4.03. The first kappa shape index (κ1) is 12.6. The molecule has 0 aromatic carbocycles. The number of pyridine rings is 1. The molecule has 6 nitrogen and oxygen atoms in total. The zero-order valence-corrected chi connectivity index (χ0v) is 10.6. The quantitative estimate of drug-likeness (QED) is 0.795. The highest BCUT2D eigenvalue weighted by Crippen LogP contribution is 2.19. The number of ether oxygens (including phenoxy) is 1. The Labute approximate surface area is 106 Å². The molecule has 1 amide bonds. The fraction of sp³-hybridized carbons (Fsp3) is 0.500. The van der Waals surface area contributed by atoms with Crippen molar-refractivity contribution >= 4 is 17.5 Å². The van der Waals surface area contributed by atoms with E-state index in [9.17, 15) is 4.79 Å². The van der Waals surface area contributed by atoms with Gasteiger partial charge in [0.1, 0.15) is 17.7 Å². The monoisotopic (exact) mass is 250 g/mol. The average Bonchev–Trinajstić information content (AvgIpc) is 2.46. The molecular weight excluding hydrogens is 232 g/mol. The summed E-state index contributed by atoms with van der Waals surface area (Å²) in [4.78, 5) is 18.3. The highest BCUT2D eigenvalue weighted by molar-refractivity contribution is 5.85. The Hall–Kier alpha value is -1.82. The van der Waals surface area contributed by atoms with Crippen LogP contribution >= 0.6 is 0 Å². The van der Waals surface area contributed by atoms with Gasteiger partial charge in [0.2, 0.25) is 5.91 Å². The molecule has 2 N–H and O–H groups in total. The van der Waals surface area contributed by atoms with Crippen LogP contribution in [0.1, 0.15) is 0 Å². The Morgan fingerprint density at radius 1 is 1.50 bits per heavy atom. The number of likely N-dealkylation sites (N-methyl/N-ethyl adjacent to an activating group) is 1. The number of carbonyl (C=O) groups excluding carboxylic acids is 1. The summed E-state index contributed by atoms with van der Waals surface area (Å²) in [5.74, 6) is 1.53. The predicted octanol–water partition coefficient (Wildman–Crippen LogP) is 0.0745. The zero-order chi connectivity index (χ0) is 13.0. The summed E-state index contributed by atoms with van der Waals surface area (Å²) in [5, 5.41) is 5.65. The Bertz CT molecular complexity index is 424. The second-order valence-corrected chi connectivity index (χ2v) is 4.03. The first-order valence-electron chi connectivity index (χ1n) is 5.97. The summed E-state index contributed by atoms with van der Waals surface area (Å²) in [5.41, 5.74) is 0. The second kappa shape index (κ2) is 5.68. The van der Waals surface area contributed by atoms with E-state index >= 15 is 0 Å². The van der Waals surface area contributed by atoms with Crippen LogP contribution in [0.15, 0.2) is 18.2 Å². The molecule has 1 fully saturated rings. The van der Waals surface area contributed by atoms with Gasteiger partial charge in [-0.15, -0.1) is 0 Å². The molecule has 98 valence electrons. The zero-order valence-electron chi connectivity index (χ0n) is 10.6. The van der Waals surface area contributed by atoms with Crippen molar-refractivity contribution in [1.29, 1.82) is 0 Å². The van der Waals surface area contributed by atoms with E-state index in [1.165, 1.54) is 0 Å². The highest BCUT2D eigenvalue weighted by atomic mass is 16.5. The topological polar surface area (TPSA) is 66.5 Å². The van der Waals surface area contributed by atoms with Gasteiger partial charge < -0.3 is 20.3 Å². The lowest BCUT2D eigenvalue weighted by Gasteiger charge is -2.35. The van der Waals surface area contributed by atoms with Crippen LogP contribution in [0.25, 0.3) is 0 Å². The van der Waals surface area contributed by atoms with Crippen LogP contribution < -0.4 is 15.5 Å². The number of rotatable bonds is 3. The summed E-state index contributed by atoms with van der Waals surface area (Å²) in [7, 11) is 3.45. The van der Waals surface area contributed by atoms with E-state index in [0.29, 0.717) is 19.8 Å². The molecule has 0 radical (unpaired) electrons. The molecule has 6 heteroatoms. The van der Waals surface area contributed by atoms with Crippen LogP contribution in [-0.2, 0) is 9.53 Å². The molecule has 2 heterocycles. The molecule has 2 rings (SSSR count). The van der Waals surface area contributed by atoms with Crippen molar-refractivity contribution in [2.75, 3.05) is 44.1 Å². The largest absolute Gasteiger partial charge is 0.377 e. The van der Waals surface area contributed by atoms with E-state index in [-0.39, 0.29) is 11.9 Å². The van der Waals surface area contributed by atoms with Gasteiger partial charge in [0, 0.05) is 20.6 Å². The Kier molecular flexibility index (Phi) is 3.99. The Morgan fingerprint density at radius 2 is 2.33 bits per heavy atom. The van der Waals surface area contributed by atoms with E-state index in [0.717, 1.165) is 11.6 Å². The number of carbonyl (C=O) groups is 1. The number of hydrogen-bond donors (Lipinski definition) is 2. The summed E-state index contributed by atoms with van der Waals surface area (Å²) >= 11 is 0. The number of amides is 1. The van der Waals surface area contributed by atoms with Crippen molar-refractivity contribution in [3.05, 3.63) is 18.2 Å². The standard InChI is InChI=1S/C12H18N4O2/c1-13-10-4-3-5-11(15-10)16-6-7-18-8-9(16)12(17)14-2/h3-5,9H,6-8H2,1-2H3,(H,13,15)(H,14,17). The Balaban J connectivity index is 2.24. The van der Waals surface area contributed by atoms with Crippen molar-refractivity contribution < 1.29 is 9.53 Å². The minimum absolute atomic E-state index is 0.0497. The summed E-state index contributed by atoms with van der Waals surface area (Å²) in [6.07, 6.45) is 0. The minimum atomic E-state index is -0.316. The summed E-state index contributed by atoms with van der Waals surface area (Å²) < 4.78 is 5.37. The van der Waals surface area contributed by atoms with Crippen LogP contribution in [-0.4, -0.2) is 50.8 Å². The number of hydrogen-bond acceptors (Lipinski definition) is 5. The normalized spacial score (nSPS) is 19.4. The van der Waals surface area contributed by atoms with Crippen molar-refractivity contribution in [3.8, 4) is 0 Å². The number of anilines is 2. The van der Waals surface area contributed by atoms with E-state index in [4.69, 9.17) is 4.74 Å². The molecule has 1 atom stereocenters. The molecule has 0 bridgehead atoms. The summed E-state index contributed by atoms with van der Waals surface area (Å²) in [6, 6.07) is 5.40. The van der Waals surface area contributed by atoms with Gasteiger partial charge >= 0.3 is 0 Å². The molecule has 1 aromatic heterocycles. The third kappa shape index (κ3) is 2.53. The van der Waals surface area contributed by atoms with Gasteiger partial charge in [-0.2, -0.15) is 0 Å². The minimum Gasteiger partial charge on any atom is -0.377 e. The van der Waals surface area contributed by atoms with E-state index in [1.807, 2.05) is 30.1 Å². The third-order valence-corrected chi connectivity index (χ3v) is 2.96. The molecule has 0 aliphatic carbocycles. The summed E-state index contributed by atoms with van der Waals surface area (Å²) in [6.45, 7) is 1.67. The van der Waals surface area contributed by atoms with Gasteiger partial charge in [0.05, 0.1) is 13.2 Å². The SMILES string of the molecule is CNC(=O)C1COCCN1c1cccc(NC)n1. The maximum absolute atomic E-state index is 11.8. The van der Waals surface area contributed by atoms with Crippen molar-refractivity contribution in [2.24, 2.45) is 0 Å². The number of nitrogens with one attached hydrogen (secondary N) is 2. The van der Waals surface area contributed by atoms with Gasteiger partial charge in [0.15, 0.2) is 0 Å². The number of morpholine rings is 1. The number of aromatic nitrogens is 1. The van der Waals surface area contributed by atoms with Gasteiger partial charge in [-0.1, -0.05) is 6.07 Å². The van der Waals surface area contributed by atoms with Crippen molar-refractivity contribution in [1.82, 2.24) is 10.3 Å². The molecule has 18 heavy (non-hydrogen) atoms. The van der Waals surface area contributed by atoms with E-state index in [2.05, 4.69) is 15.6 Å². The van der Waals surface area contributed by atoms with Gasteiger partial charge in [-0.25, -0.2) is 4.98 Å². The lowest BCUT2D eigenvalue weighted by Crippen LogP contribution is -2.53. The molecule has 1 saturated heterocycles. The molecule has 0 saturated carbocycles. The lowest BCUT2D eigenvalue weighted by atomic mass is 10.2. The molecular formula is C12H18N4O2. The van der Waals surface area contributed by atoms with E-state index < -0.39 is 0 Å². The maximum atomic E-state index is 11.8. The van der Waals surface area contributed by atoms with Crippen LogP contribution in [0.5, 0.6) is 0 Å². The van der Waals surface area contributed by atoms with Crippen LogP contribution in [0.3, 0.4) is 0 Å².